The monoisotopic (exact) mass is 216 g/mol. The number of hydrogen-bond acceptors (Lipinski definition) is 3. The van der Waals surface area contributed by atoms with Gasteiger partial charge in [0.25, 0.3) is 0 Å². The maximum absolute atomic E-state index is 9.05. The molecule has 0 spiro atoms. The second-order valence-corrected chi connectivity index (χ2v) is 4.19. The lowest BCUT2D eigenvalue weighted by Crippen LogP contribution is -2.21. The molecule has 1 atom stereocenters. The number of benzene rings is 1. The summed E-state index contributed by atoms with van der Waals surface area (Å²) in [6.45, 7) is 2.82. The van der Waals surface area contributed by atoms with Crippen molar-refractivity contribution in [3.05, 3.63) is 29.8 Å². The summed E-state index contributed by atoms with van der Waals surface area (Å²) in [6.07, 6.45) is 1.15. The van der Waals surface area contributed by atoms with Gasteiger partial charge in [-0.1, -0.05) is 12.1 Å². The van der Waals surface area contributed by atoms with E-state index in [1.54, 1.807) is 7.11 Å². The van der Waals surface area contributed by atoms with Crippen molar-refractivity contribution in [2.45, 2.75) is 6.42 Å². The summed E-state index contributed by atoms with van der Waals surface area (Å²) in [5.74, 6) is 0.594. The van der Waals surface area contributed by atoms with Crippen LogP contribution >= 0.6 is 0 Å². The molecule has 1 aromatic carbocycles. The molecular formula is C13H16N2O. The highest BCUT2D eigenvalue weighted by atomic mass is 16.5. The first-order valence-corrected chi connectivity index (χ1v) is 5.58. The standard InChI is InChI=1S/C13H16N2O/c1-16-10-11-6-7-15(9-11)13-5-3-2-4-12(13)8-14/h2-5,11H,6-7,9-10H2,1H3. The van der Waals surface area contributed by atoms with Crippen LogP contribution in [0.5, 0.6) is 0 Å². The largest absolute Gasteiger partial charge is 0.384 e. The van der Waals surface area contributed by atoms with E-state index >= 15 is 0 Å². The third-order valence-corrected chi connectivity index (χ3v) is 3.05. The number of hydrogen-bond donors (Lipinski definition) is 0. The summed E-state index contributed by atoms with van der Waals surface area (Å²) >= 11 is 0. The summed E-state index contributed by atoms with van der Waals surface area (Å²) in [6, 6.07) is 10.0. The SMILES string of the molecule is COCC1CCN(c2ccccc2C#N)C1. The van der Waals surface area contributed by atoms with Gasteiger partial charge in [0, 0.05) is 26.1 Å². The van der Waals surface area contributed by atoms with Crippen LogP contribution in [0.1, 0.15) is 12.0 Å². The second-order valence-electron chi connectivity index (χ2n) is 4.19. The Morgan fingerprint density at radius 2 is 2.31 bits per heavy atom. The lowest BCUT2D eigenvalue weighted by atomic mass is 10.1. The third kappa shape index (κ3) is 2.17. The molecule has 0 aromatic heterocycles. The van der Waals surface area contributed by atoms with Crippen LogP contribution in [0.4, 0.5) is 5.69 Å². The van der Waals surface area contributed by atoms with Crippen molar-refractivity contribution in [2.75, 3.05) is 31.7 Å². The minimum absolute atomic E-state index is 0.594. The van der Waals surface area contributed by atoms with Gasteiger partial charge in [-0.25, -0.2) is 0 Å². The highest BCUT2D eigenvalue weighted by Crippen LogP contribution is 2.26. The van der Waals surface area contributed by atoms with Crippen molar-refractivity contribution < 1.29 is 4.74 Å². The molecule has 0 amide bonds. The van der Waals surface area contributed by atoms with E-state index in [-0.39, 0.29) is 0 Å². The fraction of sp³-hybridized carbons (Fsp3) is 0.462. The van der Waals surface area contributed by atoms with Gasteiger partial charge in [-0.2, -0.15) is 5.26 Å². The van der Waals surface area contributed by atoms with Gasteiger partial charge in [0.15, 0.2) is 0 Å². The number of nitrogens with zero attached hydrogens (tertiary/aromatic N) is 2. The Balaban J connectivity index is 2.12. The molecule has 0 N–H and O–H groups in total. The zero-order valence-electron chi connectivity index (χ0n) is 9.52. The molecule has 2 rings (SSSR count). The zero-order valence-corrected chi connectivity index (χ0v) is 9.52. The molecule has 3 heteroatoms. The lowest BCUT2D eigenvalue weighted by Gasteiger charge is -2.19. The van der Waals surface area contributed by atoms with Crippen LogP contribution in [0.15, 0.2) is 24.3 Å². The van der Waals surface area contributed by atoms with E-state index < -0.39 is 0 Å². The van der Waals surface area contributed by atoms with E-state index in [0.717, 1.165) is 37.4 Å². The highest BCUT2D eigenvalue weighted by Gasteiger charge is 2.23. The molecule has 1 aliphatic rings. The number of anilines is 1. The summed E-state index contributed by atoms with van der Waals surface area (Å²) in [7, 11) is 1.74. The normalized spacial score (nSPS) is 19.8. The van der Waals surface area contributed by atoms with E-state index in [4.69, 9.17) is 10.00 Å². The van der Waals surface area contributed by atoms with Crippen LogP contribution in [0, 0.1) is 17.2 Å². The zero-order chi connectivity index (χ0) is 11.4. The Morgan fingerprint density at radius 3 is 3.06 bits per heavy atom. The highest BCUT2D eigenvalue weighted by molar-refractivity contribution is 5.59. The third-order valence-electron chi connectivity index (χ3n) is 3.05. The summed E-state index contributed by atoms with van der Waals surface area (Å²) in [4.78, 5) is 2.28. The fourth-order valence-corrected chi connectivity index (χ4v) is 2.27. The molecule has 1 saturated heterocycles. The fourth-order valence-electron chi connectivity index (χ4n) is 2.27. The van der Waals surface area contributed by atoms with Crippen LogP contribution in [-0.4, -0.2) is 26.8 Å². The summed E-state index contributed by atoms with van der Waals surface area (Å²) < 4.78 is 5.17. The molecule has 0 saturated carbocycles. The maximum atomic E-state index is 9.05. The number of ether oxygens (including phenoxy) is 1. The van der Waals surface area contributed by atoms with Crippen molar-refractivity contribution in [1.82, 2.24) is 0 Å². The molecule has 3 nitrogen and oxygen atoms in total. The summed E-state index contributed by atoms with van der Waals surface area (Å²) in [5.41, 5.74) is 1.82. The predicted molar refractivity (Wildman–Crippen MR) is 63.4 cm³/mol. The molecule has 0 radical (unpaired) electrons. The van der Waals surface area contributed by atoms with Gasteiger partial charge < -0.3 is 9.64 Å². The van der Waals surface area contributed by atoms with Gasteiger partial charge in [-0.3, -0.25) is 0 Å². The molecule has 1 unspecified atom stereocenters. The predicted octanol–water partition coefficient (Wildman–Crippen LogP) is 2.03. The average molecular weight is 216 g/mol. The minimum Gasteiger partial charge on any atom is -0.384 e. The molecule has 0 bridgehead atoms. The Hall–Kier alpha value is -1.53. The molecule has 1 heterocycles. The van der Waals surface area contributed by atoms with Gasteiger partial charge in [0.1, 0.15) is 6.07 Å². The number of para-hydroxylation sites is 1. The van der Waals surface area contributed by atoms with E-state index in [9.17, 15) is 0 Å². The van der Waals surface area contributed by atoms with Gasteiger partial charge in [0.2, 0.25) is 0 Å². The molecular weight excluding hydrogens is 200 g/mol. The number of nitriles is 1. The van der Waals surface area contributed by atoms with E-state index in [1.807, 2.05) is 24.3 Å². The average Bonchev–Trinajstić information content (AvgIpc) is 2.78. The molecule has 84 valence electrons. The van der Waals surface area contributed by atoms with Crippen LogP contribution in [0.3, 0.4) is 0 Å². The maximum Gasteiger partial charge on any atom is 0.101 e. The number of rotatable bonds is 3. The lowest BCUT2D eigenvalue weighted by molar-refractivity contribution is 0.161. The van der Waals surface area contributed by atoms with Crippen LogP contribution in [-0.2, 0) is 4.74 Å². The van der Waals surface area contributed by atoms with Crippen LogP contribution in [0.2, 0.25) is 0 Å². The first kappa shape index (κ1) is 11.0. The first-order valence-electron chi connectivity index (χ1n) is 5.58. The van der Waals surface area contributed by atoms with E-state index in [0.29, 0.717) is 5.92 Å². The van der Waals surface area contributed by atoms with Gasteiger partial charge >= 0.3 is 0 Å². The van der Waals surface area contributed by atoms with E-state index in [2.05, 4.69) is 11.0 Å². The van der Waals surface area contributed by atoms with Gasteiger partial charge in [0.05, 0.1) is 17.9 Å². The van der Waals surface area contributed by atoms with Crippen LogP contribution < -0.4 is 4.90 Å². The van der Waals surface area contributed by atoms with E-state index in [1.165, 1.54) is 0 Å². The van der Waals surface area contributed by atoms with Crippen molar-refractivity contribution in [1.29, 1.82) is 5.26 Å². The van der Waals surface area contributed by atoms with Crippen LogP contribution in [0.25, 0.3) is 0 Å². The second kappa shape index (κ2) is 5.00. The Labute approximate surface area is 96.2 Å². The molecule has 0 aliphatic carbocycles. The number of methoxy groups -OCH3 is 1. The first-order chi connectivity index (χ1) is 7.85. The molecule has 1 aliphatic heterocycles. The van der Waals surface area contributed by atoms with Crippen molar-refractivity contribution in [2.24, 2.45) is 5.92 Å². The molecule has 1 aromatic rings. The van der Waals surface area contributed by atoms with Crippen molar-refractivity contribution in [3.8, 4) is 6.07 Å². The smallest absolute Gasteiger partial charge is 0.101 e. The molecule has 16 heavy (non-hydrogen) atoms. The van der Waals surface area contributed by atoms with Crippen molar-refractivity contribution >= 4 is 5.69 Å². The van der Waals surface area contributed by atoms with Gasteiger partial charge in [-0.15, -0.1) is 0 Å². The minimum atomic E-state index is 0.594. The van der Waals surface area contributed by atoms with Gasteiger partial charge in [-0.05, 0) is 18.6 Å². The Kier molecular flexibility index (Phi) is 3.43. The summed E-state index contributed by atoms with van der Waals surface area (Å²) in [5, 5.41) is 9.05. The molecule has 1 fully saturated rings. The quantitative estimate of drug-likeness (QED) is 0.775. The topological polar surface area (TPSA) is 36.3 Å². The Bertz CT molecular complexity index is 397. The van der Waals surface area contributed by atoms with Crippen molar-refractivity contribution in [3.63, 3.8) is 0 Å². The Morgan fingerprint density at radius 1 is 1.50 bits per heavy atom.